The van der Waals surface area contributed by atoms with E-state index in [2.05, 4.69) is 17.5 Å². The molecule has 1 saturated heterocycles. The van der Waals surface area contributed by atoms with E-state index in [9.17, 15) is 0 Å². The van der Waals surface area contributed by atoms with Gasteiger partial charge in [0.25, 0.3) is 0 Å². The molecule has 2 unspecified atom stereocenters. The molecule has 1 heterocycles. The van der Waals surface area contributed by atoms with Crippen molar-refractivity contribution in [2.45, 2.75) is 12.8 Å². The lowest BCUT2D eigenvalue weighted by molar-refractivity contribution is 0.896. The Hall–Kier alpha value is -0.720. The second-order valence-electron chi connectivity index (χ2n) is 3.51. The van der Waals surface area contributed by atoms with E-state index in [0.29, 0.717) is 0 Å². The summed E-state index contributed by atoms with van der Waals surface area (Å²) in [5, 5.41) is 3.41. The maximum atomic E-state index is 3.41. The summed E-state index contributed by atoms with van der Waals surface area (Å²) in [5.74, 6) is 1.84. The van der Waals surface area contributed by atoms with Gasteiger partial charge in [-0.25, -0.2) is 0 Å². The summed E-state index contributed by atoms with van der Waals surface area (Å²) < 4.78 is 0. The lowest BCUT2D eigenvalue weighted by Gasteiger charge is -2.05. The quantitative estimate of drug-likeness (QED) is 0.527. The van der Waals surface area contributed by atoms with Crippen LogP contribution in [0.15, 0.2) is 23.4 Å². The summed E-state index contributed by atoms with van der Waals surface area (Å²) in [5.41, 5.74) is 3.03. The van der Waals surface area contributed by atoms with Crippen molar-refractivity contribution >= 4 is 0 Å². The third-order valence-electron chi connectivity index (χ3n) is 2.74. The van der Waals surface area contributed by atoms with Crippen molar-refractivity contribution in [2.24, 2.45) is 11.8 Å². The molecule has 0 bridgehead atoms. The monoisotopic (exact) mass is 133 g/mol. The molecule has 1 nitrogen and oxygen atoms in total. The molecule has 3 rings (SSSR count). The van der Waals surface area contributed by atoms with Gasteiger partial charge in [0.15, 0.2) is 0 Å². The van der Waals surface area contributed by atoms with Gasteiger partial charge in [-0.05, 0) is 30.3 Å². The van der Waals surface area contributed by atoms with Gasteiger partial charge >= 0.3 is 0 Å². The third kappa shape index (κ3) is 0.530. The summed E-state index contributed by atoms with van der Waals surface area (Å²) in [4.78, 5) is 0. The first-order chi connectivity index (χ1) is 4.93. The molecule has 1 N–H and O–H groups in total. The van der Waals surface area contributed by atoms with E-state index in [0.717, 1.165) is 18.4 Å². The van der Waals surface area contributed by atoms with Crippen molar-refractivity contribution < 1.29 is 0 Å². The molecule has 10 heavy (non-hydrogen) atoms. The Morgan fingerprint density at radius 3 is 3.20 bits per heavy atom. The molecule has 1 heteroatoms. The summed E-state index contributed by atoms with van der Waals surface area (Å²) >= 11 is 0. The maximum absolute atomic E-state index is 3.41. The Balaban J connectivity index is 2.06. The van der Waals surface area contributed by atoms with Crippen LogP contribution in [0.4, 0.5) is 0 Å². The zero-order chi connectivity index (χ0) is 6.55. The van der Waals surface area contributed by atoms with Crippen LogP contribution < -0.4 is 5.32 Å². The predicted octanol–water partition coefficient (Wildman–Crippen LogP) is 1.44. The molecule has 0 radical (unpaired) electrons. The first-order valence-electron chi connectivity index (χ1n) is 4.10. The Morgan fingerprint density at radius 2 is 2.20 bits per heavy atom. The molecule has 0 aromatic carbocycles. The molecule has 3 aliphatic rings. The minimum Gasteiger partial charge on any atom is -0.385 e. The Kier molecular flexibility index (Phi) is 0.735. The molecule has 1 saturated carbocycles. The van der Waals surface area contributed by atoms with Gasteiger partial charge in [0.2, 0.25) is 0 Å². The normalized spacial score (nSPS) is 40.8. The van der Waals surface area contributed by atoms with Gasteiger partial charge in [0.1, 0.15) is 0 Å². The lowest BCUT2D eigenvalue weighted by Crippen LogP contribution is -2.05. The molecule has 0 aromatic heterocycles. The molecule has 2 fully saturated rings. The zero-order valence-corrected chi connectivity index (χ0v) is 5.93. The van der Waals surface area contributed by atoms with Gasteiger partial charge in [-0.2, -0.15) is 0 Å². The maximum Gasteiger partial charge on any atom is 0.0332 e. The van der Waals surface area contributed by atoms with Crippen LogP contribution in [0.2, 0.25) is 0 Å². The van der Waals surface area contributed by atoms with Crippen LogP contribution in [0.3, 0.4) is 0 Å². The van der Waals surface area contributed by atoms with Gasteiger partial charge in [-0.15, -0.1) is 0 Å². The molecule has 0 spiro atoms. The fourth-order valence-electron chi connectivity index (χ4n) is 2.01. The van der Waals surface area contributed by atoms with Crippen LogP contribution >= 0.6 is 0 Å². The number of rotatable bonds is 0. The standard InChI is InChI=1S/C9H11N/c1-2-10-9-5-8-4-7(8)3-6(1)9/h3,5,7-8,10H,1-2,4H2. The SMILES string of the molecule is C1=C2CCNC2=CC2CC12. The van der Waals surface area contributed by atoms with Crippen molar-refractivity contribution in [3.8, 4) is 0 Å². The van der Waals surface area contributed by atoms with E-state index in [1.165, 1.54) is 18.5 Å². The molecule has 2 aliphatic carbocycles. The number of hydrogen-bond donors (Lipinski definition) is 1. The highest BCUT2D eigenvalue weighted by atomic mass is 14.9. The van der Waals surface area contributed by atoms with Gasteiger partial charge in [0.05, 0.1) is 0 Å². The average Bonchev–Trinajstić information content (AvgIpc) is 2.52. The molecule has 52 valence electrons. The summed E-state index contributed by atoms with van der Waals surface area (Å²) in [7, 11) is 0. The van der Waals surface area contributed by atoms with Gasteiger partial charge in [-0.1, -0.05) is 12.2 Å². The predicted molar refractivity (Wildman–Crippen MR) is 40.4 cm³/mol. The van der Waals surface area contributed by atoms with Crippen molar-refractivity contribution in [3.63, 3.8) is 0 Å². The van der Waals surface area contributed by atoms with E-state index >= 15 is 0 Å². The number of allylic oxidation sites excluding steroid dienone is 3. The van der Waals surface area contributed by atoms with Crippen LogP contribution in [-0.4, -0.2) is 6.54 Å². The second-order valence-corrected chi connectivity index (χ2v) is 3.51. The summed E-state index contributed by atoms with van der Waals surface area (Å²) in [6.45, 7) is 1.16. The first-order valence-corrected chi connectivity index (χ1v) is 4.10. The summed E-state index contributed by atoms with van der Waals surface area (Å²) in [6, 6.07) is 0. The molecular weight excluding hydrogens is 122 g/mol. The van der Waals surface area contributed by atoms with Gasteiger partial charge < -0.3 is 5.32 Å². The Labute approximate surface area is 60.8 Å². The van der Waals surface area contributed by atoms with E-state index in [-0.39, 0.29) is 0 Å². The van der Waals surface area contributed by atoms with Crippen molar-refractivity contribution in [1.82, 2.24) is 5.32 Å². The summed E-state index contributed by atoms with van der Waals surface area (Å²) in [6.07, 6.45) is 7.57. The number of nitrogens with one attached hydrogen (secondary N) is 1. The fourth-order valence-corrected chi connectivity index (χ4v) is 2.01. The topological polar surface area (TPSA) is 12.0 Å². The van der Waals surface area contributed by atoms with Gasteiger partial charge in [0, 0.05) is 12.2 Å². The van der Waals surface area contributed by atoms with Crippen molar-refractivity contribution in [3.05, 3.63) is 23.4 Å². The minimum atomic E-state index is 0.907. The van der Waals surface area contributed by atoms with E-state index in [1.54, 1.807) is 5.57 Å². The number of hydrogen-bond acceptors (Lipinski definition) is 1. The van der Waals surface area contributed by atoms with E-state index in [4.69, 9.17) is 0 Å². The molecule has 1 aliphatic heterocycles. The highest BCUT2D eigenvalue weighted by molar-refractivity contribution is 5.41. The zero-order valence-electron chi connectivity index (χ0n) is 5.93. The highest BCUT2D eigenvalue weighted by Gasteiger charge is 2.38. The van der Waals surface area contributed by atoms with Crippen molar-refractivity contribution in [2.75, 3.05) is 6.54 Å². The van der Waals surface area contributed by atoms with Crippen LogP contribution in [0.1, 0.15) is 12.8 Å². The smallest absolute Gasteiger partial charge is 0.0332 e. The van der Waals surface area contributed by atoms with E-state index in [1.807, 2.05) is 0 Å². The fraction of sp³-hybridized carbons (Fsp3) is 0.556. The lowest BCUT2D eigenvalue weighted by atomic mass is 10.0. The third-order valence-corrected chi connectivity index (χ3v) is 2.74. The number of fused-ring (bicyclic) bond motifs is 2. The molecular formula is C9H11N. The first kappa shape index (κ1) is 5.00. The van der Waals surface area contributed by atoms with Crippen LogP contribution in [0.5, 0.6) is 0 Å². The van der Waals surface area contributed by atoms with Gasteiger partial charge in [-0.3, -0.25) is 0 Å². The Bertz CT molecular complexity index is 213. The van der Waals surface area contributed by atoms with Crippen LogP contribution in [0.25, 0.3) is 0 Å². The minimum absolute atomic E-state index is 0.907. The molecule has 0 aromatic rings. The molecule has 0 amide bonds. The molecule has 2 atom stereocenters. The Morgan fingerprint density at radius 1 is 1.30 bits per heavy atom. The average molecular weight is 133 g/mol. The van der Waals surface area contributed by atoms with Crippen LogP contribution in [-0.2, 0) is 0 Å². The highest BCUT2D eigenvalue weighted by Crippen LogP contribution is 2.47. The second kappa shape index (κ2) is 1.47. The van der Waals surface area contributed by atoms with Crippen LogP contribution in [0, 0.1) is 11.8 Å². The van der Waals surface area contributed by atoms with E-state index < -0.39 is 0 Å². The van der Waals surface area contributed by atoms with Crippen molar-refractivity contribution in [1.29, 1.82) is 0 Å². The largest absolute Gasteiger partial charge is 0.385 e.